The van der Waals surface area contributed by atoms with Crippen LogP contribution in [0.1, 0.15) is 32.1 Å². The zero-order valence-corrected chi connectivity index (χ0v) is 13.1. The van der Waals surface area contributed by atoms with E-state index in [4.69, 9.17) is 4.99 Å². The van der Waals surface area contributed by atoms with Crippen LogP contribution >= 0.6 is 24.4 Å². The molecule has 1 aliphatic heterocycles. The van der Waals surface area contributed by atoms with Crippen molar-refractivity contribution in [3.63, 3.8) is 0 Å². The van der Waals surface area contributed by atoms with Gasteiger partial charge >= 0.3 is 0 Å². The van der Waals surface area contributed by atoms with Crippen LogP contribution in [-0.2, 0) is 0 Å². The van der Waals surface area contributed by atoms with Crippen LogP contribution in [0.5, 0.6) is 0 Å². The van der Waals surface area contributed by atoms with E-state index in [0.717, 1.165) is 6.54 Å². The molecule has 18 heavy (non-hydrogen) atoms. The Morgan fingerprint density at radius 1 is 1.39 bits per heavy atom. The first kappa shape index (κ1) is 14.5. The summed E-state index contributed by atoms with van der Waals surface area (Å²) in [5.41, 5.74) is 1.31. The Balaban J connectivity index is 1.88. The molecule has 1 heterocycles. The Hall–Kier alpha value is 0.0700. The van der Waals surface area contributed by atoms with Crippen LogP contribution in [0.15, 0.2) is 16.6 Å². The Bertz CT molecular complexity index is 320. The number of hydrogen-bond acceptors (Lipinski definition) is 4. The van der Waals surface area contributed by atoms with Gasteiger partial charge in [0.2, 0.25) is 0 Å². The first-order valence-corrected chi connectivity index (χ1v) is 8.34. The molecule has 0 bridgehead atoms. The number of hydrogen-bond donors (Lipinski definition) is 1. The van der Waals surface area contributed by atoms with Gasteiger partial charge in [0.25, 0.3) is 0 Å². The maximum atomic E-state index is 4.76. The van der Waals surface area contributed by atoms with E-state index in [1.165, 1.54) is 37.7 Å². The van der Waals surface area contributed by atoms with E-state index in [1.54, 1.807) is 0 Å². The van der Waals surface area contributed by atoms with Crippen LogP contribution in [0.3, 0.4) is 0 Å². The lowest BCUT2D eigenvalue weighted by Gasteiger charge is -2.17. The standard InChI is InChI=1S/C14H24N2S2/c1-16(2)10-13-8-11(14(17)18-13)9-15-12-6-4-3-5-7-12/h8-9,12-14,17H,3-7,10H2,1-2H3. The van der Waals surface area contributed by atoms with Crippen LogP contribution < -0.4 is 0 Å². The molecule has 2 unspecified atom stereocenters. The van der Waals surface area contributed by atoms with Gasteiger partial charge in [-0.1, -0.05) is 25.3 Å². The smallest absolute Gasteiger partial charge is 0.0740 e. The second-order valence-corrected chi connectivity index (χ2v) is 7.74. The number of thioether (sulfide) groups is 1. The summed E-state index contributed by atoms with van der Waals surface area (Å²) in [6.45, 7) is 1.09. The lowest BCUT2D eigenvalue weighted by Crippen LogP contribution is -2.21. The predicted molar refractivity (Wildman–Crippen MR) is 86.2 cm³/mol. The van der Waals surface area contributed by atoms with Crippen LogP contribution in [0.2, 0.25) is 0 Å². The van der Waals surface area contributed by atoms with Gasteiger partial charge in [-0.3, -0.25) is 4.99 Å². The van der Waals surface area contributed by atoms with Crippen LogP contribution in [-0.4, -0.2) is 47.6 Å². The van der Waals surface area contributed by atoms with E-state index in [1.807, 2.05) is 11.8 Å². The molecule has 0 saturated heterocycles. The zero-order valence-electron chi connectivity index (χ0n) is 11.4. The third-order valence-corrected chi connectivity index (χ3v) is 5.35. The number of rotatable bonds is 4. The normalized spacial score (nSPS) is 30.3. The minimum atomic E-state index is 0.308. The molecule has 1 saturated carbocycles. The Morgan fingerprint density at radius 3 is 2.78 bits per heavy atom. The Labute approximate surface area is 121 Å². The molecule has 2 rings (SSSR count). The van der Waals surface area contributed by atoms with E-state index in [2.05, 4.69) is 43.9 Å². The maximum Gasteiger partial charge on any atom is 0.0740 e. The summed E-state index contributed by atoms with van der Waals surface area (Å²) in [6.07, 6.45) is 11.1. The first-order chi connectivity index (χ1) is 8.65. The van der Waals surface area contributed by atoms with Gasteiger partial charge in [0.15, 0.2) is 0 Å². The molecule has 0 aromatic heterocycles. The fourth-order valence-corrected chi connectivity index (χ4v) is 4.43. The quantitative estimate of drug-likeness (QED) is 0.630. The van der Waals surface area contributed by atoms with E-state index in [0.29, 0.717) is 15.9 Å². The van der Waals surface area contributed by atoms with Crippen molar-refractivity contribution in [3.8, 4) is 0 Å². The van der Waals surface area contributed by atoms with Gasteiger partial charge in [-0.25, -0.2) is 0 Å². The van der Waals surface area contributed by atoms with Crippen molar-refractivity contribution in [2.24, 2.45) is 4.99 Å². The fraction of sp³-hybridized carbons (Fsp3) is 0.786. The Morgan fingerprint density at radius 2 is 2.11 bits per heavy atom. The van der Waals surface area contributed by atoms with Crippen LogP contribution in [0, 0.1) is 0 Å². The van der Waals surface area contributed by atoms with Crippen molar-refractivity contribution in [1.29, 1.82) is 0 Å². The zero-order chi connectivity index (χ0) is 13.0. The molecule has 4 heteroatoms. The number of nitrogens with zero attached hydrogens (tertiary/aromatic N) is 2. The number of thiol groups is 1. The third kappa shape index (κ3) is 4.32. The predicted octanol–water partition coefficient (Wildman–Crippen LogP) is 3.25. The molecule has 0 amide bonds. The lowest BCUT2D eigenvalue weighted by atomic mass is 9.96. The topological polar surface area (TPSA) is 15.6 Å². The van der Waals surface area contributed by atoms with E-state index < -0.39 is 0 Å². The molecule has 2 aliphatic rings. The first-order valence-electron chi connectivity index (χ1n) is 6.88. The highest BCUT2D eigenvalue weighted by Gasteiger charge is 2.23. The van der Waals surface area contributed by atoms with Gasteiger partial charge in [-0.15, -0.1) is 11.8 Å². The molecule has 2 atom stereocenters. The third-order valence-electron chi connectivity index (χ3n) is 3.52. The van der Waals surface area contributed by atoms with E-state index >= 15 is 0 Å². The highest BCUT2D eigenvalue weighted by Crippen LogP contribution is 2.35. The molecule has 1 aliphatic carbocycles. The molecule has 102 valence electrons. The second kappa shape index (κ2) is 7.01. The van der Waals surface area contributed by atoms with Gasteiger partial charge in [-0.2, -0.15) is 12.6 Å². The molecule has 0 N–H and O–H groups in total. The fourth-order valence-electron chi connectivity index (χ4n) is 2.56. The molecular weight excluding hydrogens is 260 g/mol. The van der Waals surface area contributed by atoms with Crippen molar-refractivity contribution in [2.45, 2.75) is 48.0 Å². The average Bonchev–Trinajstić information content (AvgIpc) is 2.67. The van der Waals surface area contributed by atoms with E-state index in [9.17, 15) is 0 Å². The SMILES string of the molecule is CN(C)CC1C=C(C=NC2CCCCC2)C(S)S1. The summed E-state index contributed by atoms with van der Waals surface area (Å²) >= 11 is 6.58. The molecule has 0 radical (unpaired) electrons. The summed E-state index contributed by atoms with van der Waals surface area (Å²) < 4.78 is 0.308. The lowest BCUT2D eigenvalue weighted by molar-refractivity contribution is 0.422. The highest BCUT2D eigenvalue weighted by atomic mass is 32.2. The van der Waals surface area contributed by atoms with Crippen LogP contribution in [0.4, 0.5) is 0 Å². The summed E-state index contributed by atoms with van der Waals surface area (Å²) in [6, 6.07) is 0.568. The van der Waals surface area contributed by atoms with E-state index in [-0.39, 0.29) is 0 Å². The average molecular weight is 284 g/mol. The molecule has 0 spiro atoms. The van der Waals surface area contributed by atoms with Gasteiger partial charge in [0.1, 0.15) is 0 Å². The number of aliphatic imine (C=N–C) groups is 1. The molecule has 1 fully saturated rings. The van der Waals surface area contributed by atoms with Crippen molar-refractivity contribution < 1.29 is 0 Å². The minimum absolute atomic E-state index is 0.308. The largest absolute Gasteiger partial charge is 0.308 e. The van der Waals surface area contributed by atoms with Crippen LogP contribution in [0.25, 0.3) is 0 Å². The molecular formula is C14H24N2S2. The van der Waals surface area contributed by atoms with Gasteiger partial charge in [0, 0.05) is 24.1 Å². The maximum absolute atomic E-state index is 4.76. The summed E-state index contributed by atoms with van der Waals surface area (Å²) in [5, 5.41) is 0.565. The minimum Gasteiger partial charge on any atom is -0.308 e. The van der Waals surface area contributed by atoms with Crippen molar-refractivity contribution in [2.75, 3.05) is 20.6 Å². The Kier molecular flexibility index (Phi) is 5.64. The van der Waals surface area contributed by atoms with Crippen molar-refractivity contribution in [1.82, 2.24) is 4.90 Å². The summed E-state index contributed by atoms with van der Waals surface area (Å²) in [7, 11) is 4.24. The van der Waals surface area contributed by atoms with Gasteiger partial charge < -0.3 is 4.90 Å². The van der Waals surface area contributed by atoms with Gasteiger partial charge in [0.05, 0.1) is 4.58 Å². The highest BCUT2D eigenvalue weighted by molar-refractivity contribution is 8.11. The van der Waals surface area contributed by atoms with Crippen molar-refractivity contribution >= 4 is 30.6 Å². The monoisotopic (exact) mass is 284 g/mol. The summed E-state index contributed by atoms with van der Waals surface area (Å²) in [4.78, 5) is 6.99. The molecule has 0 aromatic carbocycles. The summed E-state index contributed by atoms with van der Waals surface area (Å²) in [5.74, 6) is 0. The van der Waals surface area contributed by atoms with Gasteiger partial charge in [-0.05, 0) is 32.5 Å². The second-order valence-electron chi connectivity index (χ2n) is 5.53. The molecule has 0 aromatic rings. The van der Waals surface area contributed by atoms with Crippen molar-refractivity contribution in [3.05, 3.63) is 11.6 Å². The molecule has 2 nitrogen and oxygen atoms in total.